The molecule has 0 bridgehead atoms. The minimum Gasteiger partial charge on any atom is -0.493 e. The van der Waals surface area contributed by atoms with Crippen LogP contribution >= 0.6 is 12.0 Å². The molecule has 0 spiro atoms. The maximum Gasteiger partial charge on any atom is 0.209 e. The van der Waals surface area contributed by atoms with Gasteiger partial charge in [-0.2, -0.15) is 4.89 Å². The molecule has 3 aliphatic heterocycles. The van der Waals surface area contributed by atoms with Crippen molar-refractivity contribution in [1.29, 1.82) is 0 Å². The topological polar surface area (TPSA) is 58.6 Å². The van der Waals surface area contributed by atoms with Crippen LogP contribution in [0.2, 0.25) is 0 Å². The zero-order chi connectivity index (χ0) is 24.6. The summed E-state index contributed by atoms with van der Waals surface area (Å²) in [7, 11) is 4.88. The summed E-state index contributed by atoms with van der Waals surface area (Å²) in [5, 5.41) is 0. The van der Waals surface area contributed by atoms with Crippen molar-refractivity contribution in [2.75, 3.05) is 34.5 Å². The number of rotatable bonds is 7. The summed E-state index contributed by atoms with van der Waals surface area (Å²) in [4.78, 5) is 14.1. The normalized spacial score (nSPS) is 17.8. The Morgan fingerprint density at radius 2 is 1.64 bits per heavy atom. The van der Waals surface area contributed by atoms with E-state index in [9.17, 15) is 0 Å². The van der Waals surface area contributed by atoms with Gasteiger partial charge >= 0.3 is 0 Å². The maximum atomic E-state index is 6.23. The Kier molecular flexibility index (Phi) is 6.33. The Balaban J connectivity index is 1.30. The van der Waals surface area contributed by atoms with Crippen molar-refractivity contribution in [3.8, 4) is 28.7 Å². The molecule has 7 nitrogen and oxygen atoms in total. The molecule has 1 atom stereocenters. The van der Waals surface area contributed by atoms with Crippen LogP contribution in [0.4, 0.5) is 0 Å². The van der Waals surface area contributed by atoms with Gasteiger partial charge in [-0.1, -0.05) is 0 Å². The first-order valence-electron chi connectivity index (χ1n) is 12.1. The third kappa shape index (κ3) is 4.23. The highest BCUT2D eigenvalue weighted by Crippen LogP contribution is 2.45. The fraction of sp³-hybridized carbons (Fsp3) is 0.357. The lowest BCUT2D eigenvalue weighted by Gasteiger charge is -2.41. The smallest absolute Gasteiger partial charge is 0.209 e. The van der Waals surface area contributed by atoms with Gasteiger partial charge in [0.2, 0.25) is 5.75 Å². The predicted octanol–water partition coefficient (Wildman–Crippen LogP) is 5.32. The molecule has 0 amide bonds. The molecule has 36 heavy (non-hydrogen) atoms. The lowest BCUT2D eigenvalue weighted by atomic mass is 9.83. The Labute approximate surface area is 215 Å². The molecule has 0 saturated heterocycles. The van der Waals surface area contributed by atoms with Crippen LogP contribution in [-0.2, 0) is 30.7 Å². The zero-order valence-electron chi connectivity index (χ0n) is 20.7. The summed E-state index contributed by atoms with van der Waals surface area (Å²) in [6.45, 7) is 2.59. The van der Waals surface area contributed by atoms with Crippen LogP contribution in [0.5, 0.6) is 28.7 Å². The molecule has 0 fully saturated rings. The van der Waals surface area contributed by atoms with E-state index < -0.39 is 0 Å². The van der Waals surface area contributed by atoms with E-state index in [2.05, 4.69) is 35.2 Å². The minimum absolute atomic E-state index is 0.250. The van der Waals surface area contributed by atoms with Crippen LogP contribution in [0.3, 0.4) is 0 Å². The van der Waals surface area contributed by atoms with Crippen molar-refractivity contribution in [3.05, 3.63) is 70.3 Å². The number of hydrogen-bond donors (Lipinski definition) is 0. The van der Waals surface area contributed by atoms with Crippen molar-refractivity contribution in [2.24, 2.45) is 0 Å². The lowest BCUT2D eigenvalue weighted by molar-refractivity contribution is -0.178. The van der Waals surface area contributed by atoms with Crippen molar-refractivity contribution >= 4 is 12.0 Å². The van der Waals surface area contributed by atoms with E-state index in [0.717, 1.165) is 61.1 Å². The van der Waals surface area contributed by atoms with Crippen LogP contribution < -0.4 is 23.3 Å². The van der Waals surface area contributed by atoms with E-state index in [1.807, 2.05) is 12.1 Å². The SMILES string of the molecule is COOc1cc2c(cc1OSc1ccc3c(c1)CCO3)C1Cc3cc(OC)c(OC)cc3CN1CC2. The number of methoxy groups -OCH3 is 2. The number of ether oxygens (including phenoxy) is 3. The molecule has 8 heteroatoms. The molecule has 188 valence electrons. The zero-order valence-corrected chi connectivity index (χ0v) is 21.5. The van der Waals surface area contributed by atoms with Gasteiger partial charge in [0.15, 0.2) is 17.2 Å². The van der Waals surface area contributed by atoms with E-state index in [-0.39, 0.29) is 6.04 Å². The Morgan fingerprint density at radius 1 is 0.833 bits per heavy atom. The summed E-state index contributed by atoms with van der Waals surface area (Å²) >= 11 is 1.32. The Hall–Kier alpha value is -3.07. The van der Waals surface area contributed by atoms with Gasteiger partial charge in [0, 0.05) is 30.4 Å². The molecule has 3 aromatic rings. The second kappa shape index (κ2) is 9.76. The largest absolute Gasteiger partial charge is 0.493 e. The maximum absolute atomic E-state index is 6.23. The van der Waals surface area contributed by atoms with E-state index in [0.29, 0.717) is 11.5 Å². The quantitative estimate of drug-likeness (QED) is 0.242. The predicted molar refractivity (Wildman–Crippen MR) is 136 cm³/mol. The minimum atomic E-state index is 0.250. The molecule has 3 heterocycles. The highest BCUT2D eigenvalue weighted by molar-refractivity contribution is 7.95. The molecule has 3 aliphatic rings. The Morgan fingerprint density at radius 3 is 2.44 bits per heavy atom. The van der Waals surface area contributed by atoms with Gasteiger partial charge in [0.05, 0.1) is 40.0 Å². The highest BCUT2D eigenvalue weighted by atomic mass is 32.2. The van der Waals surface area contributed by atoms with Gasteiger partial charge < -0.3 is 23.3 Å². The first-order chi connectivity index (χ1) is 17.7. The van der Waals surface area contributed by atoms with E-state index >= 15 is 0 Å². The molecule has 0 saturated carbocycles. The number of nitrogens with zero attached hydrogens (tertiary/aromatic N) is 1. The first-order valence-corrected chi connectivity index (χ1v) is 12.9. The van der Waals surface area contributed by atoms with Gasteiger partial charge in [-0.25, -0.2) is 0 Å². The summed E-state index contributed by atoms with van der Waals surface area (Å²) in [6, 6.07) is 14.8. The molecule has 0 radical (unpaired) electrons. The summed E-state index contributed by atoms with van der Waals surface area (Å²) in [6.07, 6.45) is 2.76. The van der Waals surface area contributed by atoms with E-state index in [4.69, 9.17) is 28.2 Å². The van der Waals surface area contributed by atoms with Crippen LogP contribution in [0.25, 0.3) is 0 Å². The molecule has 1 unspecified atom stereocenters. The van der Waals surface area contributed by atoms with Crippen molar-refractivity contribution < 1.29 is 28.2 Å². The standard InChI is InChI=1S/C28H29NO6S/c1-30-25-13-19-11-23-22-15-28(35-36-21-4-5-24-18(10-21)7-9-33-24)27(34-32-3)12-17(22)6-8-29(23)16-20(19)14-26(25)31-2/h4-5,10,12-15,23H,6-9,11,16H2,1-3H3. The monoisotopic (exact) mass is 507 g/mol. The third-order valence-corrected chi connectivity index (χ3v) is 7.94. The van der Waals surface area contributed by atoms with Gasteiger partial charge in [0.1, 0.15) is 5.75 Å². The molecule has 3 aromatic carbocycles. The summed E-state index contributed by atoms with van der Waals surface area (Å²) in [5.74, 6) is 3.74. The van der Waals surface area contributed by atoms with Crippen LogP contribution in [0.1, 0.15) is 33.9 Å². The average Bonchev–Trinajstić information content (AvgIpc) is 3.38. The number of fused-ring (bicyclic) bond motifs is 5. The van der Waals surface area contributed by atoms with Crippen molar-refractivity contribution in [2.45, 2.75) is 36.7 Å². The van der Waals surface area contributed by atoms with E-state index in [1.165, 1.54) is 47.0 Å². The third-order valence-electron chi connectivity index (χ3n) is 7.23. The fourth-order valence-electron chi connectivity index (χ4n) is 5.44. The second-order valence-corrected chi connectivity index (χ2v) is 10.0. The first kappa shape index (κ1) is 23.3. The highest BCUT2D eigenvalue weighted by Gasteiger charge is 2.34. The Bertz CT molecular complexity index is 1300. The van der Waals surface area contributed by atoms with Crippen LogP contribution in [0, 0.1) is 0 Å². The molecule has 0 aromatic heterocycles. The van der Waals surface area contributed by atoms with Gasteiger partial charge in [-0.05, 0) is 83.1 Å². The summed E-state index contributed by atoms with van der Waals surface area (Å²) < 4.78 is 23.0. The molecular weight excluding hydrogens is 478 g/mol. The summed E-state index contributed by atoms with van der Waals surface area (Å²) in [5.41, 5.74) is 6.32. The van der Waals surface area contributed by atoms with Crippen molar-refractivity contribution in [3.63, 3.8) is 0 Å². The molecule has 6 rings (SSSR count). The van der Waals surface area contributed by atoms with Crippen LogP contribution in [-0.4, -0.2) is 39.4 Å². The van der Waals surface area contributed by atoms with Gasteiger partial charge in [-0.3, -0.25) is 4.90 Å². The van der Waals surface area contributed by atoms with Gasteiger partial charge in [0.25, 0.3) is 0 Å². The van der Waals surface area contributed by atoms with Crippen molar-refractivity contribution in [1.82, 2.24) is 4.90 Å². The number of benzene rings is 3. The lowest BCUT2D eigenvalue weighted by Crippen LogP contribution is -2.39. The fourth-order valence-corrected chi connectivity index (χ4v) is 6.07. The number of hydrogen-bond acceptors (Lipinski definition) is 8. The van der Waals surface area contributed by atoms with E-state index in [1.54, 1.807) is 14.2 Å². The average molecular weight is 508 g/mol. The van der Waals surface area contributed by atoms with Crippen LogP contribution in [0.15, 0.2) is 47.4 Å². The molecular formula is C28H29NO6S. The molecule has 0 N–H and O–H groups in total. The second-order valence-electron chi connectivity index (χ2n) is 9.20. The molecule has 0 aliphatic carbocycles. The van der Waals surface area contributed by atoms with Gasteiger partial charge in [-0.15, -0.1) is 0 Å².